The molecule has 86 valence electrons. The Balaban J connectivity index is 2.00. The molecule has 0 spiro atoms. The zero-order valence-electron chi connectivity index (χ0n) is 8.86. The molecule has 0 saturated carbocycles. The average molecular weight is 327 g/mol. The smallest absolute Gasteiger partial charge is 0.0931 e. The average Bonchev–Trinajstić information content (AvgIpc) is 2.86. The highest BCUT2D eigenvalue weighted by atomic mass is 79.9. The van der Waals surface area contributed by atoms with Crippen molar-refractivity contribution in [3.63, 3.8) is 0 Å². The fraction of sp³-hybridized carbons (Fsp3) is 0.0769. The predicted octanol–water partition coefficient (Wildman–Crippen LogP) is 5.17. The van der Waals surface area contributed by atoms with Gasteiger partial charge in [-0.1, -0.05) is 27.5 Å². The van der Waals surface area contributed by atoms with Crippen LogP contribution in [-0.2, 0) is 6.54 Å². The molecule has 0 fully saturated rings. The van der Waals surface area contributed by atoms with Crippen LogP contribution in [0.25, 0.3) is 10.9 Å². The summed E-state index contributed by atoms with van der Waals surface area (Å²) in [6, 6.07) is 12.5. The van der Waals surface area contributed by atoms with E-state index in [0.29, 0.717) is 0 Å². The molecule has 2 aromatic heterocycles. The van der Waals surface area contributed by atoms with Crippen LogP contribution in [0, 0.1) is 0 Å². The summed E-state index contributed by atoms with van der Waals surface area (Å²) in [5, 5.41) is 1.25. The highest BCUT2D eigenvalue weighted by molar-refractivity contribution is 9.10. The summed E-state index contributed by atoms with van der Waals surface area (Å²) in [5.41, 5.74) is 1.25. The summed E-state index contributed by atoms with van der Waals surface area (Å²) in [6.07, 6.45) is 2.12. The van der Waals surface area contributed by atoms with Crippen LogP contribution in [0.15, 0.2) is 47.1 Å². The van der Waals surface area contributed by atoms with E-state index >= 15 is 0 Å². The van der Waals surface area contributed by atoms with Gasteiger partial charge in [0.1, 0.15) is 0 Å². The fourth-order valence-corrected chi connectivity index (χ4v) is 3.38. The first kappa shape index (κ1) is 11.3. The highest BCUT2D eigenvalue weighted by Crippen LogP contribution is 2.25. The third kappa shape index (κ3) is 2.28. The topological polar surface area (TPSA) is 4.93 Å². The molecule has 0 radical (unpaired) electrons. The van der Waals surface area contributed by atoms with Gasteiger partial charge in [0, 0.05) is 26.4 Å². The van der Waals surface area contributed by atoms with Crippen LogP contribution in [-0.4, -0.2) is 4.57 Å². The summed E-state index contributed by atoms with van der Waals surface area (Å²) in [5.74, 6) is 0. The lowest BCUT2D eigenvalue weighted by Crippen LogP contribution is -1.94. The van der Waals surface area contributed by atoms with E-state index in [2.05, 4.69) is 57.0 Å². The van der Waals surface area contributed by atoms with Crippen molar-refractivity contribution in [3.8, 4) is 0 Å². The Morgan fingerprint density at radius 3 is 2.82 bits per heavy atom. The van der Waals surface area contributed by atoms with E-state index in [-0.39, 0.29) is 0 Å². The van der Waals surface area contributed by atoms with Gasteiger partial charge in [-0.15, -0.1) is 11.3 Å². The minimum Gasteiger partial charge on any atom is -0.342 e. The van der Waals surface area contributed by atoms with E-state index in [1.807, 2.05) is 6.07 Å². The van der Waals surface area contributed by atoms with Gasteiger partial charge >= 0.3 is 0 Å². The van der Waals surface area contributed by atoms with Gasteiger partial charge in [-0.2, -0.15) is 0 Å². The Hall–Kier alpha value is -0.770. The monoisotopic (exact) mass is 325 g/mol. The SMILES string of the molecule is Clc1ccc(Cn2ccc3cc(Br)ccc32)s1. The van der Waals surface area contributed by atoms with Gasteiger partial charge in [-0.25, -0.2) is 0 Å². The largest absolute Gasteiger partial charge is 0.342 e. The number of rotatable bonds is 2. The Kier molecular flexibility index (Phi) is 2.99. The molecule has 3 aromatic rings. The zero-order valence-corrected chi connectivity index (χ0v) is 12.0. The maximum atomic E-state index is 5.94. The number of hydrogen-bond donors (Lipinski definition) is 0. The fourth-order valence-electron chi connectivity index (χ4n) is 1.91. The minimum absolute atomic E-state index is 0.846. The van der Waals surface area contributed by atoms with Gasteiger partial charge in [0.2, 0.25) is 0 Å². The molecule has 0 saturated heterocycles. The first-order valence-corrected chi connectivity index (χ1v) is 7.20. The molecule has 17 heavy (non-hydrogen) atoms. The summed E-state index contributed by atoms with van der Waals surface area (Å²) >= 11 is 11.1. The Morgan fingerprint density at radius 2 is 2.06 bits per heavy atom. The van der Waals surface area contributed by atoms with Crippen LogP contribution in [0.5, 0.6) is 0 Å². The van der Waals surface area contributed by atoms with Crippen molar-refractivity contribution in [1.29, 1.82) is 0 Å². The van der Waals surface area contributed by atoms with Crippen LogP contribution < -0.4 is 0 Å². The van der Waals surface area contributed by atoms with Crippen LogP contribution in [0.2, 0.25) is 4.34 Å². The quantitative estimate of drug-likeness (QED) is 0.612. The third-order valence-electron chi connectivity index (χ3n) is 2.69. The lowest BCUT2D eigenvalue weighted by atomic mass is 10.2. The minimum atomic E-state index is 0.846. The molecule has 1 aromatic carbocycles. The molecule has 0 aliphatic heterocycles. The van der Waals surface area contributed by atoms with Gasteiger partial charge in [0.05, 0.1) is 10.9 Å². The van der Waals surface area contributed by atoms with E-state index in [0.717, 1.165) is 15.4 Å². The van der Waals surface area contributed by atoms with Crippen molar-refractivity contribution in [2.24, 2.45) is 0 Å². The van der Waals surface area contributed by atoms with Crippen LogP contribution >= 0.6 is 38.9 Å². The zero-order chi connectivity index (χ0) is 11.8. The number of fused-ring (bicyclic) bond motifs is 1. The van der Waals surface area contributed by atoms with Gasteiger partial charge in [-0.3, -0.25) is 0 Å². The summed E-state index contributed by atoms with van der Waals surface area (Å²) in [6.45, 7) is 0.877. The van der Waals surface area contributed by atoms with Crippen molar-refractivity contribution in [2.75, 3.05) is 0 Å². The molecule has 2 heterocycles. The second-order valence-electron chi connectivity index (χ2n) is 3.85. The summed E-state index contributed by atoms with van der Waals surface area (Å²) in [7, 11) is 0. The number of nitrogens with zero attached hydrogens (tertiary/aromatic N) is 1. The van der Waals surface area contributed by atoms with E-state index in [1.165, 1.54) is 15.8 Å². The first-order chi connectivity index (χ1) is 8.22. The maximum Gasteiger partial charge on any atom is 0.0931 e. The Labute approximate surface area is 117 Å². The molecule has 0 aliphatic carbocycles. The molecule has 1 nitrogen and oxygen atoms in total. The first-order valence-electron chi connectivity index (χ1n) is 5.21. The van der Waals surface area contributed by atoms with Gasteiger partial charge in [-0.05, 0) is 36.4 Å². The van der Waals surface area contributed by atoms with Crippen molar-refractivity contribution >= 4 is 49.8 Å². The molecular formula is C13H9BrClNS. The van der Waals surface area contributed by atoms with Crippen molar-refractivity contribution in [1.82, 2.24) is 4.57 Å². The second kappa shape index (κ2) is 4.48. The lowest BCUT2D eigenvalue weighted by molar-refractivity contribution is 0.851. The Morgan fingerprint density at radius 1 is 1.18 bits per heavy atom. The van der Waals surface area contributed by atoms with E-state index in [1.54, 1.807) is 11.3 Å². The third-order valence-corrected chi connectivity index (χ3v) is 4.40. The number of benzene rings is 1. The lowest BCUT2D eigenvalue weighted by Gasteiger charge is -2.03. The standard InChI is InChI=1S/C13H9BrClNS/c14-10-1-3-12-9(7-10)5-6-16(12)8-11-2-4-13(15)17-11/h1-7H,8H2. The van der Waals surface area contributed by atoms with Crippen LogP contribution in [0.1, 0.15) is 4.88 Å². The molecule has 0 bridgehead atoms. The molecule has 3 rings (SSSR count). The molecular weight excluding hydrogens is 318 g/mol. The van der Waals surface area contributed by atoms with Crippen LogP contribution in [0.3, 0.4) is 0 Å². The van der Waals surface area contributed by atoms with Crippen molar-refractivity contribution in [3.05, 3.63) is 56.3 Å². The van der Waals surface area contributed by atoms with Crippen LogP contribution in [0.4, 0.5) is 0 Å². The maximum absolute atomic E-state index is 5.94. The van der Waals surface area contributed by atoms with Crippen molar-refractivity contribution < 1.29 is 0 Å². The van der Waals surface area contributed by atoms with E-state index < -0.39 is 0 Å². The number of thiophene rings is 1. The molecule has 0 unspecified atom stereocenters. The molecule has 0 atom stereocenters. The number of halogens is 2. The number of hydrogen-bond acceptors (Lipinski definition) is 1. The summed E-state index contributed by atoms with van der Waals surface area (Å²) < 4.78 is 4.20. The number of aromatic nitrogens is 1. The normalized spacial score (nSPS) is 11.2. The molecule has 4 heteroatoms. The highest BCUT2D eigenvalue weighted by Gasteiger charge is 2.04. The predicted molar refractivity (Wildman–Crippen MR) is 78.1 cm³/mol. The van der Waals surface area contributed by atoms with Gasteiger partial charge in [0.25, 0.3) is 0 Å². The van der Waals surface area contributed by atoms with Gasteiger partial charge in [0.15, 0.2) is 0 Å². The van der Waals surface area contributed by atoms with Crippen molar-refractivity contribution in [2.45, 2.75) is 6.54 Å². The van der Waals surface area contributed by atoms with E-state index in [9.17, 15) is 0 Å². The van der Waals surface area contributed by atoms with Gasteiger partial charge < -0.3 is 4.57 Å². The Bertz CT molecular complexity index is 671. The molecule has 0 N–H and O–H groups in total. The molecule has 0 amide bonds. The van der Waals surface area contributed by atoms with E-state index in [4.69, 9.17) is 11.6 Å². The second-order valence-corrected chi connectivity index (χ2v) is 6.57. The summed E-state index contributed by atoms with van der Waals surface area (Å²) in [4.78, 5) is 1.27. The molecule has 0 aliphatic rings.